The van der Waals surface area contributed by atoms with Gasteiger partial charge in [0.05, 0.1) is 24.9 Å². The van der Waals surface area contributed by atoms with E-state index in [0.717, 1.165) is 184 Å². The Morgan fingerprint density at radius 1 is 0.388 bits per heavy atom. The molecule has 0 amide bonds. The summed E-state index contributed by atoms with van der Waals surface area (Å²) < 4.78 is 55.6. The highest BCUT2D eigenvalue weighted by molar-refractivity contribution is 5.33. The largest absolute Gasteiger partial charge is 0.382 e. The Balaban J connectivity index is 0.000000284. The fraction of sp³-hybridized carbons (Fsp3) is 0.892. The molecule has 11 saturated carbocycles. The molecule has 0 saturated heterocycles. The molecule has 0 radical (unpaired) electrons. The Hall–Kier alpha value is -1.96. The molecule has 0 spiro atoms. The van der Waals surface area contributed by atoms with Crippen LogP contribution in [0.15, 0.2) is 48.5 Å². The first kappa shape index (κ1) is 111. The summed E-state index contributed by atoms with van der Waals surface area (Å²) in [6.07, 6.45) is 33.4. The van der Waals surface area contributed by atoms with Gasteiger partial charge in [0.1, 0.15) is 0 Å². The van der Waals surface area contributed by atoms with E-state index in [2.05, 4.69) is 256 Å². The number of fused-ring (bicyclic) bond motifs is 10. The first-order chi connectivity index (χ1) is 56.9. The Morgan fingerprint density at radius 2 is 0.909 bits per heavy atom. The summed E-state index contributed by atoms with van der Waals surface area (Å²) in [5.41, 5.74) is 10.8. The quantitative estimate of drug-likeness (QED) is 0.0704. The molecule has 0 aromatic heterocycles. The molecular weight excluding hydrogens is 1490 g/mol. The molecule has 11 fully saturated rings. The molecule has 0 aliphatic heterocycles. The number of rotatable bonds is 30. The maximum absolute atomic E-state index is 5.99. The second kappa shape index (κ2) is 53.4. The summed E-state index contributed by atoms with van der Waals surface area (Å²) in [5.74, 6) is 10.4. The van der Waals surface area contributed by atoms with Crippen molar-refractivity contribution in [3.8, 4) is 0 Å². The molecule has 121 heavy (non-hydrogen) atoms. The van der Waals surface area contributed by atoms with E-state index in [9.17, 15) is 0 Å². The standard InChI is InChI=1S/C13H24O.2C13H18O.3C12H22O.C12H24O.C9H20O.C8H18O.C7H16O/c1-6-14-11-9-7-8-10(12(9,2)3)13(11,4)5;1-2-14-10-12-8-5-7-11-6-3-4-9-13(11)12;1-2-14-10-11-7-8-12-5-3-4-6-13(12)9-11;1-5-13-10-11(2,3)9-6-7-12(10,4)8-9;1-4-13-8-9-5-10-7-11(6-9)12(10,2)3;1-4-13-8-9-5-6-10-7-11(9)12(10,2)3;1-6-13-10-11(2,3)8-7-9-12(10,4)5;1-5-9(3,4)7-8-10-6-2;1-5-9-7-6-8(2,3)4;1-4-8-6-5-7(2)3/h9-11H,6-8H2,1-5H3;3-4,6,9,12H,2,5,7-8,10H2,1H3;3-6,11H,2,7-10H2,1H3;9-10H,5-8H2,1-4H3;2*9-11H,4-8H2,1-3H3;10H,6-9H2,1-5H3;5-8H2,1-4H3;5-7H2,1-4H3;7H,4-6H2,1-3H3. The van der Waals surface area contributed by atoms with Crippen LogP contribution < -0.4 is 0 Å². The van der Waals surface area contributed by atoms with Crippen molar-refractivity contribution in [2.45, 2.75) is 407 Å². The summed E-state index contributed by atoms with van der Waals surface area (Å²) in [4.78, 5) is 0. The van der Waals surface area contributed by atoms with Gasteiger partial charge < -0.3 is 47.4 Å². The lowest BCUT2D eigenvalue weighted by Gasteiger charge is -2.60. The first-order valence-electron chi connectivity index (χ1n) is 50.9. The van der Waals surface area contributed by atoms with Crippen LogP contribution in [0.5, 0.6) is 0 Å². The molecule has 10 heteroatoms. The average Bonchev–Trinajstić information content (AvgIpc) is 1.66. The normalized spacial score (nSPS) is 29.2. The third-order valence-electron chi connectivity index (χ3n) is 32.2. The Morgan fingerprint density at radius 3 is 1.40 bits per heavy atom. The van der Waals surface area contributed by atoms with Gasteiger partial charge in [-0.3, -0.25) is 0 Å². The molecule has 8 bridgehead atoms. The number of hydrogen-bond donors (Lipinski definition) is 0. The van der Waals surface area contributed by atoms with Crippen LogP contribution in [0.2, 0.25) is 0 Å². The van der Waals surface area contributed by atoms with Gasteiger partial charge in [-0.1, -0.05) is 221 Å². The van der Waals surface area contributed by atoms with Crippen molar-refractivity contribution in [2.75, 3.05) is 112 Å². The van der Waals surface area contributed by atoms with Gasteiger partial charge in [0.25, 0.3) is 0 Å². The van der Waals surface area contributed by atoms with Crippen molar-refractivity contribution < 1.29 is 47.4 Å². The molecule has 2 aromatic carbocycles. The highest BCUT2D eigenvalue weighted by Crippen LogP contribution is 2.67. The summed E-state index contributed by atoms with van der Waals surface area (Å²) in [6, 6.07) is 17.6. The minimum absolute atomic E-state index is 0.359. The predicted octanol–water partition coefficient (Wildman–Crippen LogP) is 29.9. The van der Waals surface area contributed by atoms with Crippen LogP contribution in [-0.4, -0.2) is 131 Å². The van der Waals surface area contributed by atoms with Crippen molar-refractivity contribution in [3.63, 3.8) is 0 Å². The minimum Gasteiger partial charge on any atom is -0.382 e. The van der Waals surface area contributed by atoms with Crippen molar-refractivity contribution in [1.82, 2.24) is 0 Å². The molecule has 0 heterocycles. The molecule has 13 unspecified atom stereocenters. The first-order valence-corrected chi connectivity index (χ1v) is 50.9. The van der Waals surface area contributed by atoms with Crippen LogP contribution in [0.1, 0.15) is 391 Å². The maximum atomic E-state index is 5.99. The summed E-state index contributed by atoms with van der Waals surface area (Å²) in [6.45, 7) is 89.9. The van der Waals surface area contributed by atoms with Gasteiger partial charge in [-0.2, -0.15) is 0 Å². The fourth-order valence-electron chi connectivity index (χ4n) is 24.0. The lowest BCUT2D eigenvalue weighted by molar-refractivity contribution is -0.123. The number of ether oxygens (including phenoxy) is 10. The van der Waals surface area contributed by atoms with E-state index in [4.69, 9.17) is 47.4 Å². The summed E-state index contributed by atoms with van der Waals surface area (Å²) in [7, 11) is 0. The fourth-order valence-corrected chi connectivity index (χ4v) is 24.0. The zero-order chi connectivity index (χ0) is 90.7. The van der Waals surface area contributed by atoms with Crippen LogP contribution in [0, 0.1) is 119 Å². The van der Waals surface area contributed by atoms with Crippen LogP contribution in [0.3, 0.4) is 0 Å². The molecule has 10 nitrogen and oxygen atoms in total. The van der Waals surface area contributed by atoms with Gasteiger partial charge in [0.15, 0.2) is 0 Å². The van der Waals surface area contributed by atoms with E-state index in [-0.39, 0.29) is 0 Å². The van der Waals surface area contributed by atoms with Crippen molar-refractivity contribution in [2.24, 2.45) is 119 Å². The second-order valence-corrected chi connectivity index (χ2v) is 45.8. The lowest BCUT2D eigenvalue weighted by atomic mass is 9.46. The van der Waals surface area contributed by atoms with Gasteiger partial charge in [-0.05, 0) is 352 Å². The maximum Gasteiger partial charge on any atom is 0.0682 e. The SMILES string of the molecule is CCOC1C(C)(C)CCCC1(C)C.CCOC1C2(C)CCC(C2)C1(C)C.CCOC1C2CCC(C2(C)C)C1(C)C.CCOCC1CC2CC(C1)C2(C)C.CCOCC1CCC2CC1C2(C)C.CCOCC1CCCc2ccccc21.CCOCC1CCc2ccccc2C1.CCOCCC(C)(C)C.CCOCCC(C)(C)CC.CCOCCC(C)C. The van der Waals surface area contributed by atoms with Gasteiger partial charge in [0.2, 0.25) is 0 Å². The highest BCUT2D eigenvalue weighted by Gasteiger charge is 2.64. The van der Waals surface area contributed by atoms with Crippen LogP contribution in [-0.2, 0) is 66.6 Å². The van der Waals surface area contributed by atoms with E-state index < -0.39 is 0 Å². The average molecular weight is 1700 g/mol. The molecule has 13 atom stereocenters. The molecule has 13 aliphatic carbocycles. The third-order valence-corrected chi connectivity index (χ3v) is 32.2. The smallest absolute Gasteiger partial charge is 0.0682 e. The topological polar surface area (TPSA) is 92.3 Å². The van der Waals surface area contributed by atoms with Gasteiger partial charge in [0, 0.05) is 112 Å². The van der Waals surface area contributed by atoms with E-state index in [0.29, 0.717) is 78.4 Å². The van der Waals surface area contributed by atoms with E-state index >= 15 is 0 Å². The van der Waals surface area contributed by atoms with E-state index in [1.165, 1.54) is 164 Å². The third kappa shape index (κ3) is 34.4. The van der Waals surface area contributed by atoms with Crippen molar-refractivity contribution in [3.05, 3.63) is 70.8 Å². The van der Waals surface area contributed by atoms with Crippen LogP contribution >= 0.6 is 0 Å². The monoisotopic (exact) mass is 1700 g/mol. The molecule has 0 N–H and O–H groups in total. The van der Waals surface area contributed by atoms with Crippen molar-refractivity contribution in [1.29, 1.82) is 0 Å². The van der Waals surface area contributed by atoms with Gasteiger partial charge in [-0.15, -0.1) is 0 Å². The van der Waals surface area contributed by atoms with Gasteiger partial charge >= 0.3 is 0 Å². The zero-order valence-corrected chi connectivity index (χ0v) is 86.4. The number of hydrogen-bond acceptors (Lipinski definition) is 10. The number of aryl methyl sites for hydroxylation is 2. The van der Waals surface area contributed by atoms with Crippen LogP contribution in [0.4, 0.5) is 0 Å². The molecule has 15 rings (SSSR count). The van der Waals surface area contributed by atoms with Crippen LogP contribution in [0.25, 0.3) is 0 Å². The molecular formula is C111H204O10. The Bertz CT molecular complexity index is 2980. The zero-order valence-electron chi connectivity index (χ0n) is 86.4. The van der Waals surface area contributed by atoms with E-state index in [1.54, 1.807) is 5.56 Å². The minimum atomic E-state index is 0.359. The highest BCUT2D eigenvalue weighted by atomic mass is 16.5. The Kier molecular flexibility index (Phi) is 49.1. The summed E-state index contributed by atoms with van der Waals surface area (Å²) in [5, 5.41) is 0. The van der Waals surface area contributed by atoms with Crippen molar-refractivity contribution >= 4 is 0 Å². The lowest BCUT2D eigenvalue weighted by Crippen LogP contribution is -2.53. The van der Waals surface area contributed by atoms with Gasteiger partial charge in [-0.25, -0.2) is 0 Å². The molecule has 708 valence electrons. The molecule has 2 aromatic rings. The second-order valence-electron chi connectivity index (χ2n) is 45.8. The molecule has 13 aliphatic rings. The Labute approximate surface area is 752 Å². The summed E-state index contributed by atoms with van der Waals surface area (Å²) >= 11 is 0. The van der Waals surface area contributed by atoms with E-state index in [1.807, 2.05) is 20.8 Å². The number of benzene rings is 2. The predicted molar refractivity (Wildman–Crippen MR) is 519 cm³/mol.